The van der Waals surface area contributed by atoms with Gasteiger partial charge in [0.05, 0.1) is 0 Å². The molecule has 0 radical (unpaired) electrons. The Morgan fingerprint density at radius 2 is 1.58 bits per heavy atom. The minimum Gasteiger partial charge on any atom is -0.316 e. The molecule has 1 heteroatoms. The maximum absolute atomic E-state index is 3.72. The van der Waals surface area contributed by atoms with Crippen molar-refractivity contribution >= 4 is 0 Å². The molecule has 1 N–H and O–H groups in total. The van der Waals surface area contributed by atoms with Gasteiger partial charge in [-0.3, -0.25) is 0 Å². The van der Waals surface area contributed by atoms with Crippen molar-refractivity contribution in [2.75, 3.05) is 13.1 Å². The van der Waals surface area contributed by atoms with Crippen molar-refractivity contribution in [3.05, 3.63) is 0 Å². The van der Waals surface area contributed by atoms with Crippen LogP contribution in [0.3, 0.4) is 0 Å². The highest BCUT2D eigenvalue weighted by Crippen LogP contribution is 2.61. The zero-order valence-electron chi connectivity index (χ0n) is 13.3. The highest BCUT2D eigenvalue weighted by atomic mass is 14.9. The molecular weight excluding hydrogens is 230 g/mol. The van der Waals surface area contributed by atoms with Crippen LogP contribution in [0.15, 0.2) is 0 Å². The Kier molecular flexibility index (Phi) is 6.19. The lowest BCUT2D eigenvalue weighted by molar-refractivity contribution is 0.222. The van der Waals surface area contributed by atoms with Gasteiger partial charge in [-0.1, -0.05) is 52.4 Å². The van der Waals surface area contributed by atoms with Crippen molar-refractivity contribution in [3.8, 4) is 0 Å². The lowest BCUT2D eigenvalue weighted by Crippen LogP contribution is -2.33. The molecule has 2 unspecified atom stereocenters. The van der Waals surface area contributed by atoms with Gasteiger partial charge in [0.15, 0.2) is 0 Å². The fourth-order valence-electron chi connectivity index (χ4n) is 4.25. The number of hydrogen-bond donors (Lipinski definition) is 1. The predicted octanol–water partition coefficient (Wildman–Crippen LogP) is 5.15. The third-order valence-electron chi connectivity index (χ3n) is 5.45. The highest BCUT2D eigenvalue weighted by molar-refractivity contribution is 5.03. The van der Waals surface area contributed by atoms with Crippen LogP contribution in [-0.2, 0) is 0 Å². The van der Waals surface area contributed by atoms with E-state index in [2.05, 4.69) is 19.2 Å². The van der Waals surface area contributed by atoms with E-state index in [0.717, 1.165) is 11.8 Å². The summed E-state index contributed by atoms with van der Waals surface area (Å²) >= 11 is 0. The summed E-state index contributed by atoms with van der Waals surface area (Å²) in [5.74, 6) is 2.26. The summed E-state index contributed by atoms with van der Waals surface area (Å²) in [6.07, 6.45) is 16.1. The van der Waals surface area contributed by atoms with E-state index in [4.69, 9.17) is 0 Å². The van der Waals surface area contributed by atoms with Crippen molar-refractivity contribution in [3.63, 3.8) is 0 Å². The summed E-state index contributed by atoms with van der Waals surface area (Å²) in [7, 11) is 0. The molecule has 0 heterocycles. The van der Waals surface area contributed by atoms with Crippen LogP contribution < -0.4 is 5.32 Å². The SMILES string of the molecule is CCCCCCCCC1(CNCCC)CC2CC2C1. The topological polar surface area (TPSA) is 12.0 Å². The lowest BCUT2D eigenvalue weighted by atomic mass is 9.78. The Hall–Kier alpha value is -0.0400. The fraction of sp³-hybridized carbons (Fsp3) is 1.00. The zero-order chi connectivity index (χ0) is 13.6. The Morgan fingerprint density at radius 1 is 0.895 bits per heavy atom. The second kappa shape index (κ2) is 7.67. The standard InChI is InChI=1S/C18H35N/c1-3-5-6-7-8-9-10-18(15-19-11-4-2)13-16-12-17(16)14-18/h16-17,19H,3-15H2,1-2H3. The van der Waals surface area contributed by atoms with E-state index in [9.17, 15) is 0 Å². The van der Waals surface area contributed by atoms with Crippen LogP contribution in [0.4, 0.5) is 0 Å². The van der Waals surface area contributed by atoms with Gasteiger partial charge >= 0.3 is 0 Å². The Balaban J connectivity index is 1.63. The maximum Gasteiger partial charge on any atom is 0.000801 e. The molecule has 0 aromatic heterocycles. The second-order valence-electron chi connectivity index (χ2n) is 7.36. The first-order chi connectivity index (χ1) is 9.29. The molecule has 0 spiro atoms. The first kappa shape index (κ1) is 15.4. The number of rotatable bonds is 11. The van der Waals surface area contributed by atoms with Crippen molar-refractivity contribution in [2.45, 2.75) is 84.5 Å². The van der Waals surface area contributed by atoms with Crippen molar-refractivity contribution in [2.24, 2.45) is 17.3 Å². The van der Waals surface area contributed by atoms with Gasteiger partial charge in [0.25, 0.3) is 0 Å². The van der Waals surface area contributed by atoms with E-state index in [1.807, 2.05) is 0 Å². The van der Waals surface area contributed by atoms with Crippen molar-refractivity contribution in [1.29, 1.82) is 0 Å². The van der Waals surface area contributed by atoms with E-state index >= 15 is 0 Å². The second-order valence-corrected chi connectivity index (χ2v) is 7.36. The van der Waals surface area contributed by atoms with E-state index in [-0.39, 0.29) is 0 Å². The molecule has 2 aliphatic carbocycles. The Labute approximate surface area is 120 Å². The van der Waals surface area contributed by atoms with Gasteiger partial charge in [-0.25, -0.2) is 0 Å². The Morgan fingerprint density at radius 3 is 2.26 bits per heavy atom. The van der Waals surface area contributed by atoms with Crippen molar-refractivity contribution in [1.82, 2.24) is 5.32 Å². The lowest BCUT2D eigenvalue weighted by Gasteiger charge is -2.31. The summed E-state index contributed by atoms with van der Waals surface area (Å²) in [6.45, 7) is 7.11. The summed E-state index contributed by atoms with van der Waals surface area (Å²) in [5, 5.41) is 3.72. The molecular formula is C18H35N. The molecule has 0 aromatic carbocycles. The molecule has 0 aliphatic heterocycles. The third kappa shape index (κ3) is 4.77. The molecule has 2 atom stereocenters. The van der Waals surface area contributed by atoms with E-state index in [1.54, 1.807) is 19.3 Å². The van der Waals surface area contributed by atoms with Gasteiger partial charge < -0.3 is 5.32 Å². The fourth-order valence-corrected chi connectivity index (χ4v) is 4.25. The van der Waals surface area contributed by atoms with Gasteiger partial charge in [-0.15, -0.1) is 0 Å². The number of fused-ring (bicyclic) bond motifs is 1. The average molecular weight is 265 g/mol. The monoisotopic (exact) mass is 265 g/mol. The maximum atomic E-state index is 3.72. The first-order valence-electron chi connectivity index (χ1n) is 9.00. The smallest absolute Gasteiger partial charge is 0.000801 e. The van der Waals surface area contributed by atoms with Gasteiger partial charge in [-0.2, -0.15) is 0 Å². The molecule has 2 aliphatic rings. The van der Waals surface area contributed by atoms with E-state index < -0.39 is 0 Å². The summed E-state index contributed by atoms with van der Waals surface area (Å²) < 4.78 is 0. The molecule has 0 bridgehead atoms. The van der Waals surface area contributed by atoms with Gasteiger partial charge in [0, 0.05) is 6.54 Å². The van der Waals surface area contributed by atoms with Gasteiger partial charge in [-0.05, 0) is 55.9 Å². The molecule has 19 heavy (non-hydrogen) atoms. The minimum absolute atomic E-state index is 0.702. The van der Waals surface area contributed by atoms with Crippen LogP contribution in [0.2, 0.25) is 0 Å². The average Bonchev–Trinajstić information content (AvgIpc) is 3.02. The van der Waals surface area contributed by atoms with Gasteiger partial charge in [0.1, 0.15) is 0 Å². The molecule has 1 nitrogen and oxygen atoms in total. The van der Waals surface area contributed by atoms with E-state index in [0.29, 0.717) is 5.41 Å². The molecule has 2 fully saturated rings. The largest absolute Gasteiger partial charge is 0.316 e. The normalized spacial score (nSPS) is 32.5. The Bertz CT molecular complexity index is 238. The number of nitrogens with one attached hydrogen (secondary N) is 1. The van der Waals surface area contributed by atoms with Crippen LogP contribution in [0, 0.1) is 17.3 Å². The summed E-state index contributed by atoms with van der Waals surface area (Å²) in [4.78, 5) is 0. The number of hydrogen-bond acceptors (Lipinski definition) is 1. The van der Waals surface area contributed by atoms with Gasteiger partial charge in [0.2, 0.25) is 0 Å². The number of unbranched alkanes of at least 4 members (excludes halogenated alkanes) is 5. The zero-order valence-corrected chi connectivity index (χ0v) is 13.3. The van der Waals surface area contributed by atoms with Crippen LogP contribution in [0.1, 0.15) is 84.5 Å². The minimum atomic E-state index is 0.702. The summed E-state index contributed by atoms with van der Waals surface area (Å²) in [5.41, 5.74) is 0.702. The summed E-state index contributed by atoms with van der Waals surface area (Å²) in [6, 6.07) is 0. The first-order valence-corrected chi connectivity index (χ1v) is 9.00. The molecule has 2 saturated carbocycles. The molecule has 2 rings (SSSR count). The molecule has 0 aromatic rings. The van der Waals surface area contributed by atoms with E-state index in [1.165, 1.54) is 64.5 Å². The van der Waals surface area contributed by atoms with Crippen molar-refractivity contribution < 1.29 is 0 Å². The highest BCUT2D eigenvalue weighted by Gasteiger charge is 2.52. The van der Waals surface area contributed by atoms with Crippen LogP contribution >= 0.6 is 0 Å². The van der Waals surface area contributed by atoms with Crippen LogP contribution in [-0.4, -0.2) is 13.1 Å². The van der Waals surface area contributed by atoms with Crippen LogP contribution in [0.25, 0.3) is 0 Å². The molecule has 0 amide bonds. The third-order valence-corrected chi connectivity index (χ3v) is 5.45. The molecule has 112 valence electrons. The van der Waals surface area contributed by atoms with Crippen LogP contribution in [0.5, 0.6) is 0 Å². The predicted molar refractivity (Wildman–Crippen MR) is 84.4 cm³/mol. The molecule has 0 saturated heterocycles. The quantitative estimate of drug-likeness (QED) is 0.509.